The first-order valence-corrected chi connectivity index (χ1v) is 16.2. The van der Waals surface area contributed by atoms with Crippen molar-refractivity contribution in [2.45, 2.75) is 0 Å². The van der Waals surface area contributed by atoms with E-state index in [-0.39, 0.29) is 0 Å². The van der Waals surface area contributed by atoms with Crippen molar-refractivity contribution < 1.29 is 0 Å². The van der Waals surface area contributed by atoms with Gasteiger partial charge >= 0.3 is 0 Å². The monoisotopic (exact) mass is 635 g/mol. The molecular formula is C45H25N5. The summed E-state index contributed by atoms with van der Waals surface area (Å²) in [6.45, 7) is 7.60. The lowest BCUT2D eigenvalue weighted by Crippen LogP contribution is -1.98. The van der Waals surface area contributed by atoms with Gasteiger partial charge in [0.2, 0.25) is 0 Å². The highest BCUT2D eigenvalue weighted by Crippen LogP contribution is 2.39. The van der Waals surface area contributed by atoms with Gasteiger partial charge in [0.05, 0.1) is 52.1 Å². The van der Waals surface area contributed by atoms with Gasteiger partial charge in [0.15, 0.2) is 5.69 Å². The van der Waals surface area contributed by atoms with Gasteiger partial charge in [-0.25, -0.2) is 4.85 Å². The number of para-hydroxylation sites is 2. The lowest BCUT2D eigenvalue weighted by molar-refractivity contribution is 1.18. The Hall–Kier alpha value is -7.39. The van der Waals surface area contributed by atoms with E-state index in [1.54, 1.807) is 0 Å². The number of hydrogen-bond acceptors (Lipinski definition) is 2. The normalized spacial score (nSPS) is 11.1. The van der Waals surface area contributed by atoms with Crippen molar-refractivity contribution in [1.82, 2.24) is 9.13 Å². The number of nitriles is 2. The Labute approximate surface area is 288 Å². The second-order valence-electron chi connectivity index (χ2n) is 12.3. The van der Waals surface area contributed by atoms with E-state index in [4.69, 9.17) is 6.57 Å². The average molecular weight is 636 g/mol. The Morgan fingerprint density at radius 2 is 1.10 bits per heavy atom. The summed E-state index contributed by atoms with van der Waals surface area (Å²) >= 11 is 0. The van der Waals surface area contributed by atoms with Gasteiger partial charge in [0, 0.05) is 38.3 Å². The van der Waals surface area contributed by atoms with Crippen LogP contribution in [0.15, 0.2) is 152 Å². The summed E-state index contributed by atoms with van der Waals surface area (Å²) in [5.41, 5.74) is 12.0. The number of nitrogens with zero attached hydrogens (tertiary/aromatic N) is 5. The second-order valence-corrected chi connectivity index (χ2v) is 12.3. The summed E-state index contributed by atoms with van der Waals surface area (Å²) in [5.74, 6) is 0. The van der Waals surface area contributed by atoms with Crippen LogP contribution in [0.3, 0.4) is 0 Å². The summed E-state index contributed by atoms with van der Waals surface area (Å²) in [6.07, 6.45) is 0. The van der Waals surface area contributed by atoms with Crippen LogP contribution in [-0.4, -0.2) is 9.13 Å². The molecule has 9 rings (SSSR count). The molecule has 0 saturated heterocycles. The average Bonchev–Trinajstić information content (AvgIpc) is 3.69. The van der Waals surface area contributed by atoms with Crippen LogP contribution in [0.2, 0.25) is 0 Å². The predicted octanol–water partition coefficient (Wildman–Crippen LogP) is 11.5. The fourth-order valence-corrected chi connectivity index (χ4v) is 7.31. The molecule has 0 fully saturated rings. The van der Waals surface area contributed by atoms with Crippen molar-refractivity contribution >= 4 is 49.3 Å². The lowest BCUT2D eigenvalue weighted by Gasteiger charge is -2.15. The molecule has 0 unspecified atom stereocenters. The first-order valence-electron chi connectivity index (χ1n) is 16.2. The molecule has 230 valence electrons. The molecule has 9 aromatic rings. The van der Waals surface area contributed by atoms with Crippen LogP contribution >= 0.6 is 0 Å². The molecule has 0 aliphatic heterocycles. The second kappa shape index (κ2) is 11.4. The van der Waals surface area contributed by atoms with Gasteiger partial charge in [0.1, 0.15) is 0 Å². The van der Waals surface area contributed by atoms with Crippen LogP contribution in [0.25, 0.3) is 82.1 Å². The number of benzene rings is 7. The van der Waals surface area contributed by atoms with Crippen molar-refractivity contribution in [3.8, 4) is 45.8 Å². The molecule has 0 N–H and O–H groups in total. The van der Waals surface area contributed by atoms with Gasteiger partial charge in [-0.05, 0) is 89.5 Å². The van der Waals surface area contributed by atoms with E-state index >= 15 is 0 Å². The Morgan fingerprint density at radius 1 is 0.460 bits per heavy atom. The van der Waals surface area contributed by atoms with E-state index in [1.807, 2.05) is 48.5 Å². The first kappa shape index (κ1) is 28.8. The maximum Gasteiger partial charge on any atom is 0.189 e. The van der Waals surface area contributed by atoms with Gasteiger partial charge in [-0.2, -0.15) is 10.5 Å². The van der Waals surface area contributed by atoms with Crippen LogP contribution in [0.5, 0.6) is 0 Å². The van der Waals surface area contributed by atoms with Gasteiger partial charge in [-0.3, -0.25) is 0 Å². The van der Waals surface area contributed by atoms with E-state index in [0.717, 1.165) is 66.5 Å². The van der Waals surface area contributed by atoms with Crippen LogP contribution in [0.4, 0.5) is 5.69 Å². The van der Waals surface area contributed by atoms with Crippen molar-refractivity contribution in [1.29, 1.82) is 10.5 Å². The lowest BCUT2D eigenvalue weighted by atomic mass is 9.96. The Kier molecular flexibility index (Phi) is 6.56. The van der Waals surface area contributed by atoms with Crippen molar-refractivity contribution in [2.75, 3.05) is 0 Å². The van der Waals surface area contributed by atoms with Crippen molar-refractivity contribution in [2.24, 2.45) is 0 Å². The molecular weight excluding hydrogens is 611 g/mol. The summed E-state index contributed by atoms with van der Waals surface area (Å²) in [6, 6.07) is 55.8. The molecule has 0 aliphatic carbocycles. The first-order chi connectivity index (χ1) is 24.6. The standard InChI is InChI=1S/C45H25N5/c1-48-34-17-20-38-40-24-30(28-47)14-22-44(40)49(45(38)26-34)35-18-15-31(16-19-35)32-7-6-8-33(25-32)39-23-29(27-46)13-21-43(39)50-41-11-4-2-9-36(41)37-10-3-5-12-42(37)50/h2-26H. The predicted molar refractivity (Wildman–Crippen MR) is 202 cm³/mol. The van der Waals surface area contributed by atoms with E-state index in [0.29, 0.717) is 16.8 Å². The maximum absolute atomic E-state index is 9.91. The summed E-state index contributed by atoms with van der Waals surface area (Å²) in [7, 11) is 0. The van der Waals surface area contributed by atoms with Crippen LogP contribution < -0.4 is 0 Å². The summed E-state index contributed by atoms with van der Waals surface area (Å²) < 4.78 is 4.46. The molecule has 0 aliphatic rings. The number of hydrogen-bond donors (Lipinski definition) is 0. The van der Waals surface area contributed by atoms with Gasteiger partial charge in [-0.15, -0.1) is 0 Å². The highest BCUT2D eigenvalue weighted by atomic mass is 15.0. The van der Waals surface area contributed by atoms with Crippen LogP contribution in [0, 0.1) is 29.2 Å². The van der Waals surface area contributed by atoms with E-state index in [9.17, 15) is 10.5 Å². The quantitative estimate of drug-likeness (QED) is 0.181. The Bertz CT molecular complexity index is 2900. The van der Waals surface area contributed by atoms with Crippen molar-refractivity contribution in [3.63, 3.8) is 0 Å². The van der Waals surface area contributed by atoms with Gasteiger partial charge in [0.25, 0.3) is 0 Å². The van der Waals surface area contributed by atoms with Crippen LogP contribution in [0.1, 0.15) is 11.1 Å². The Morgan fingerprint density at radius 3 is 1.82 bits per heavy atom. The van der Waals surface area contributed by atoms with Gasteiger partial charge < -0.3 is 9.13 Å². The topological polar surface area (TPSA) is 61.8 Å². The summed E-state index contributed by atoms with van der Waals surface area (Å²) in [5, 5.41) is 23.8. The van der Waals surface area contributed by atoms with Crippen LogP contribution in [-0.2, 0) is 0 Å². The highest BCUT2D eigenvalue weighted by Gasteiger charge is 2.17. The Balaban J connectivity index is 1.17. The SMILES string of the molecule is [C-]#[N+]c1ccc2c3cc(C#N)ccc3n(-c3ccc(-c4cccc(-c5cc(C#N)ccc5-n5c6ccccc6c6ccccc65)c4)cc3)c2c1. The maximum atomic E-state index is 9.91. The summed E-state index contributed by atoms with van der Waals surface area (Å²) in [4.78, 5) is 3.67. The molecule has 2 heterocycles. The number of aromatic nitrogens is 2. The zero-order valence-corrected chi connectivity index (χ0v) is 26.7. The third-order valence-corrected chi connectivity index (χ3v) is 9.59. The van der Waals surface area contributed by atoms with E-state index in [1.165, 1.54) is 10.8 Å². The highest BCUT2D eigenvalue weighted by molar-refractivity contribution is 6.11. The minimum Gasteiger partial charge on any atom is -0.311 e. The molecule has 7 aromatic carbocycles. The molecule has 5 nitrogen and oxygen atoms in total. The third kappa shape index (κ3) is 4.45. The molecule has 50 heavy (non-hydrogen) atoms. The fraction of sp³-hybridized carbons (Fsp3) is 0. The smallest absolute Gasteiger partial charge is 0.189 e. The molecule has 0 saturated carbocycles. The number of rotatable bonds is 4. The molecule has 2 aromatic heterocycles. The molecule has 0 amide bonds. The minimum absolute atomic E-state index is 0.566. The van der Waals surface area contributed by atoms with E-state index in [2.05, 4.69) is 129 Å². The minimum atomic E-state index is 0.566. The third-order valence-electron chi connectivity index (χ3n) is 9.59. The molecule has 0 bridgehead atoms. The molecule has 0 atom stereocenters. The zero-order chi connectivity index (χ0) is 33.8. The molecule has 0 spiro atoms. The fourth-order valence-electron chi connectivity index (χ4n) is 7.31. The molecule has 5 heteroatoms. The zero-order valence-electron chi connectivity index (χ0n) is 26.7. The number of fused-ring (bicyclic) bond motifs is 6. The largest absolute Gasteiger partial charge is 0.311 e. The van der Waals surface area contributed by atoms with Gasteiger partial charge in [-0.1, -0.05) is 78.9 Å². The van der Waals surface area contributed by atoms with E-state index < -0.39 is 0 Å². The molecule has 0 radical (unpaired) electrons. The van der Waals surface area contributed by atoms with Crippen molar-refractivity contribution in [3.05, 3.63) is 174 Å².